The second kappa shape index (κ2) is 12.1. The third-order valence-corrected chi connectivity index (χ3v) is 4.84. The Balaban J connectivity index is 1.55. The Hall–Kier alpha value is -2.90. The summed E-state index contributed by atoms with van der Waals surface area (Å²) in [6, 6.07) is 13.2. The van der Waals surface area contributed by atoms with Gasteiger partial charge in [0.25, 0.3) is 5.91 Å². The molecule has 1 aliphatic rings. The van der Waals surface area contributed by atoms with Gasteiger partial charge in [0.1, 0.15) is 0 Å². The van der Waals surface area contributed by atoms with Gasteiger partial charge in [0.15, 0.2) is 11.5 Å². The van der Waals surface area contributed by atoms with Crippen LogP contribution in [-0.4, -0.2) is 56.5 Å². The number of nitrogens with one attached hydrogen (secondary N) is 1. The molecule has 0 radical (unpaired) electrons. The second-order valence-corrected chi connectivity index (χ2v) is 7.27. The van der Waals surface area contributed by atoms with Gasteiger partial charge in [-0.2, -0.15) is 5.10 Å². The molecule has 1 aliphatic heterocycles. The number of carbonyl (C=O) groups excluding carboxylic acids is 1. The fraction of sp³-hybridized carbons (Fsp3) is 0.417. The molecule has 2 aromatic carbocycles. The fourth-order valence-corrected chi connectivity index (χ4v) is 3.21. The van der Waals surface area contributed by atoms with E-state index in [4.69, 9.17) is 14.2 Å². The third-order valence-electron chi connectivity index (χ3n) is 4.84. The van der Waals surface area contributed by atoms with Gasteiger partial charge in [-0.3, -0.25) is 9.69 Å². The van der Waals surface area contributed by atoms with Crippen molar-refractivity contribution in [1.29, 1.82) is 0 Å². The normalized spacial score (nSPS) is 14.5. The van der Waals surface area contributed by atoms with Crippen molar-refractivity contribution in [2.75, 3.05) is 39.5 Å². The maximum Gasteiger partial charge on any atom is 0.271 e. The Labute approximate surface area is 184 Å². The largest absolute Gasteiger partial charge is 0.490 e. The highest BCUT2D eigenvalue weighted by molar-refractivity contribution is 5.94. The maximum atomic E-state index is 12.4. The van der Waals surface area contributed by atoms with E-state index in [1.165, 1.54) is 5.56 Å². The van der Waals surface area contributed by atoms with Gasteiger partial charge in [-0.25, -0.2) is 5.43 Å². The zero-order chi connectivity index (χ0) is 21.9. The van der Waals surface area contributed by atoms with E-state index in [-0.39, 0.29) is 5.91 Å². The number of hydrogen-bond donors (Lipinski definition) is 1. The highest BCUT2D eigenvalue weighted by Crippen LogP contribution is 2.28. The van der Waals surface area contributed by atoms with Gasteiger partial charge in [-0.1, -0.05) is 19.1 Å². The van der Waals surface area contributed by atoms with Crippen molar-refractivity contribution in [2.24, 2.45) is 5.10 Å². The van der Waals surface area contributed by atoms with Gasteiger partial charge < -0.3 is 14.2 Å². The lowest BCUT2D eigenvalue weighted by Crippen LogP contribution is -2.35. The molecule has 3 rings (SSSR count). The predicted molar refractivity (Wildman–Crippen MR) is 121 cm³/mol. The molecule has 31 heavy (non-hydrogen) atoms. The second-order valence-electron chi connectivity index (χ2n) is 7.27. The summed E-state index contributed by atoms with van der Waals surface area (Å²) in [6.45, 7) is 9.46. The molecule has 1 saturated heterocycles. The van der Waals surface area contributed by atoms with Crippen molar-refractivity contribution in [2.45, 2.75) is 26.8 Å². The number of nitrogens with zero attached hydrogens (tertiary/aromatic N) is 2. The Morgan fingerprint density at radius 2 is 1.87 bits per heavy atom. The van der Waals surface area contributed by atoms with Crippen molar-refractivity contribution >= 4 is 12.1 Å². The Morgan fingerprint density at radius 3 is 2.58 bits per heavy atom. The van der Waals surface area contributed by atoms with Crippen LogP contribution in [0.1, 0.15) is 41.8 Å². The molecule has 2 aromatic rings. The summed E-state index contributed by atoms with van der Waals surface area (Å²) in [5.74, 6) is 1.13. The first kappa shape index (κ1) is 22.8. The van der Waals surface area contributed by atoms with Crippen molar-refractivity contribution in [1.82, 2.24) is 10.3 Å². The van der Waals surface area contributed by atoms with Crippen LogP contribution in [0, 0.1) is 0 Å². The van der Waals surface area contributed by atoms with Crippen LogP contribution < -0.4 is 14.9 Å². The zero-order valence-electron chi connectivity index (χ0n) is 18.3. The number of ether oxygens (including phenoxy) is 3. The van der Waals surface area contributed by atoms with Crippen LogP contribution >= 0.6 is 0 Å². The number of rotatable bonds is 10. The van der Waals surface area contributed by atoms with Crippen molar-refractivity contribution in [3.63, 3.8) is 0 Å². The Morgan fingerprint density at radius 1 is 1.10 bits per heavy atom. The summed E-state index contributed by atoms with van der Waals surface area (Å²) < 4.78 is 16.7. The van der Waals surface area contributed by atoms with E-state index < -0.39 is 0 Å². The topological polar surface area (TPSA) is 72.4 Å². The van der Waals surface area contributed by atoms with Crippen molar-refractivity contribution in [3.05, 3.63) is 59.2 Å². The van der Waals surface area contributed by atoms with E-state index in [1.807, 2.05) is 49.4 Å². The summed E-state index contributed by atoms with van der Waals surface area (Å²) in [7, 11) is 0. The average Bonchev–Trinajstić information content (AvgIpc) is 2.80. The van der Waals surface area contributed by atoms with E-state index >= 15 is 0 Å². The van der Waals surface area contributed by atoms with E-state index in [9.17, 15) is 4.79 Å². The minimum atomic E-state index is -0.248. The Kier molecular flexibility index (Phi) is 8.87. The lowest BCUT2D eigenvalue weighted by molar-refractivity contribution is 0.0342. The van der Waals surface area contributed by atoms with Gasteiger partial charge in [0, 0.05) is 25.2 Å². The number of benzene rings is 2. The molecule has 1 N–H and O–H groups in total. The molecule has 166 valence electrons. The van der Waals surface area contributed by atoms with Gasteiger partial charge >= 0.3 is 0 Å². The minimum absolute atomic E-state index is 0.248. The molecule has 0 unspecified atom stereocenters. The molecule has 0 aliphatic carbocycles. The summed E-state index contributed by atoms with van der Waals surface area (Å²) in [4.78, 5) is 14.7. The molecule has 1 heterocycles. The summed E-state index contributed by atoms with van der Waals surface area (Å²) in [5.41, 5.74) is 5.14. The SMILES string of the molecule is CCCOc1ccc(/C=N\NC(=O)c2ccc(CN3CCOCC3)cc2)cc1OCC. The number of hydrogen-bond acceptors (Lipinski definition) is 6. The number of amides is 1. The molecule has 1 amide bonds. The average molecular weight is 426 g/mol. The summed E-state index contributed by atoms with van der Waals surface area (Å²) in [5, 5.41) is 4.08. The first-order valence-corrected chi connectivity index (χ1v) is 10.8. The predicted octanol–water partition coefficient (Wildman–Crippen LogP) is 3.47. The molecule has 0 atom stereocenters. The maximum absolute atomic E-state index is 12.4. The number of morpholine rings is 1. The molecule has 0 aromatic heterocycles. The molecule has 0 bridgehead atoms. The summed E-state index contributed by atoms with van der Waals surface area (Å²) in [6.07, 6.45) is 2.52. The van der Waals surface area contributed by atoms with Crippen LogP contribution in [0.2, 0.25) is 0 Å². The van der Waals surface area contributed by atoms with Gasteiger partial charge in [0.2, 0.25) is 0 Å². The molecule has 0 spiro atoms. The summed E-state index contributed by atoms with van der Waals surface area (Å²) >= 11 is 0. The van der Waals surface area contributed by atoms with Crippen LogP contribution in [0.25, 0.3) is 0 Å². The van der Waals surface area contributed by atoms with Crippen LogP contribution in [0.5, 0.6) is 11.5 Å². The molecule has 7 heteroatoms. The van der Waals surface area contributed by atoms with Crippen LogP contribution in [-0.2, 0) is 11.3 Å². The van der Waals surface area contributed by atoms with Crippen molar-refractivity contribution < 1.29 is 19.0 Å². The third kappa shape index (κ3) is 7.08. The van der Waals surface area contributed by atoms with Crippen LogP contribution in [0.3, 0.4) is 0 Å². The van der Waals surface area contributed by atoms with E-state index in [1.54, 1.807) is 6.21 Å². The highest BCUT2D eigenvalue weighted by Gasteiger charge is 2.11. The zero-order valence-corrected chi connectivity index (χ0v) is 18.3. The molecule has 1 fully saturated rings. The number of carbonyl (C=O) groups is 1. The van der Waals surface area contributed by atoms with E-state index in [0.29, 0.717) is 30.3 Å². The van der Waals surface area contributed by atoms with E-state index in [0.717, 1.165) is 44.8 Å². The number of hydrazone groups is 1. The van der Waals surface area contributed by atoms with Crippen LogP contribution in [0.15, 0.2) is 47.6 Å². The quantitative estimate of drug-likeness (QED) is 0.466. The minimum Gasteiger partial charge on any atom is -0.490 e. The molecule has 0 saturated carbocycles. The molecular weight excluding hydrogens is 394 g/mol. The van der Waals surface area contributed by atoms with Gasteiger partial charge in [0.05, 0.1) is 32.6 Å². The lowest BCUT2D eigenvalue weighted by Gasteiger charge is -2.26. The van der Waals surface area contributed by atoms with Gasteiger partial charge in [-0.05, 0) is 54.8 Å². The van der Waals surface area contributed by atoms with Crippen molar-refractivity contribution in [3.8, 4) is 11.5 Å². The highest BCUT2D eigenvalue weighted by atomic mass is 16.5. The van der Waals surface area contributed by atoms with E-state index in [2.05, 4.69) is 22.4 Å². The first-order chi connectivity index (χ1) is 15.2. The van der Waals surface area contributed by atoms with Gasteiger partial charge in [-0.15, -0.1) is 0 Å². The lowest BCUT2D eigenvalue weighted by atomic mass is 10.1. The molecular formula is C24H31N3O4. The smallest absolute Gasteiger partial charge is 0.271 e. The molecule has 7 nitrogen and oxygen atoms in total. The fourth-order valence-electron chi connectivity index (χ4n) is 3.21. The monoisotopic (exact) mass is 425 g/mol. The van der Waals surface area contributed by atoms with Crippen LogP contribution in [0.4, 0.5) is 0 Å². The Bertz CT molecular complexity index is 862. The first-order valence-electron chi connectivity index (χ1n) is 10.8. The standard InChI is InChI=1S/C24H31N3O4/c1-3-13-31-22-10-7-20(16-23(22)30-4-2)17-25-26-24(28)21-8-5-19(6-9-21)18-27-11-14-29-15-12-27/h5-10,16-17H,3-4,11-15,18H2,1-2H3,(H,26,28)/b25-17-.